The lowest BCUT2D eigenvalue weighted by Crippen LogP contribution is -1.82. The van der Waals surface area contributed by atoms with Gasteiger partial charge in [0.15, 0.2) is 11.6 Å². The molecule has 0 aliphatic rings. The van der Waals surface area contributed by atoms with Gasteiger partial charge in [0.05, 0.1) is 16.6 Å². The molecule has 3 rings (SSSR count). The van der Waals surface area contributed by atoms with Crippen LogP contribution in [0.3, 0.4) is 0 Å². The Balaban J connectivity index is 2.19. The molecule has 0 saturated carbocycles. The smallest absolute Gasteiger partial charge is 0.161 e. The van der Waals surface area contributed by atoms with Gasteiger partial charge < -0.3 is 9.40 Å². The third-order valence-electron chi connectivity index (χ3n) is 2.53. The minimum atomic E-state index is -0.904. The van der Waals surface area contributed by atoms with E-state index in [9.17, 15) is 8.78 Å². The number of aryl methyl sites for hydroxylation is 1. The quantitative estimate of drug-likeness (QED) is 0.701. The highest BCUT2D eigenvalue weighted by molar-refractivity contribution is 5.79. The Morgan fingerprint density at radius 2 is 1.94 bits per heavy atom. The van der Waals surface area contributed by atoms with Crippen molar-refractivity contribution in [2.45, 2.75) is 6.92 Å². The second-order valence-corrected chi connectivity index (χ2v) is 3.81. The van der Waals surface area contributed by atoms with Crippen LogP contribution in [-0.2, 0) is 0 Å². The van der Waals surface area contributed by atoms with Crippen molar-refractivity contribution in [3.05, 3.63) is 41.9 Å². The largest absolute Gasteiger partial charge is 0.469 e. The van der Waals surface area contributed by atoms with Crippen LogP contribution >= 0.6 is 0 Å². The summed E-state index contributed by atoms with van der Waals surface area (Å²) in [5, 5.41) is 0. The molecule has 86 valence electrons. The molecule has 3 aromatic rings. The number of imidazole rings is 1. The summed E-state index contributed by atoms with van der Waals surface area (Å²) in [4.78, 5) is 7.09. The number of H-pyrrole nitrogens is 1. The third kappa shape index (κ3) is 1.60. The Hall–Kier alpha value is -2.17. The summed E-state index contributed by atoms with van der Waals surface area (Å²) in [6.07, 6.45) is 1.54. The Labute approximate surface area is 95.1 Å². The molecule has 0 radical (unpaired) electrons. The highest BCUT2D eigenvalue weighted by atomic mass is 19.2. The maximum Gasteiger partial charge on any atom is 0.161 e. The molecule has 0 saturated heterocycles. The number of hydrogen-bond acceptors (Lipinski definition) is 2. The molecule has 17 heavy (non-hydrogen) atoms. The van der Waals surface area contributed by atoms with Gasteiger partial charge in [-0.15, -0.1) is 0 Å². The zero-order valence-corrected chi connectivity index (χ0v) is 8.92. The molecule has 0 unspecified atom stereocenters. The van der Waals surface area contributed by atoms with Crippen molar-refractivity contribution < 1.29 is 13.2 Å². The summed E-state index contributed by atoms with van der Waals surface area (Å²) in [6.45, 7) is 1.81. The summed E-state index contributed by atoms with van der Waals surface area (Å²) < 4.78 is 31.2. The highest BCUT2D eigenvalue weighted by Gasteiger charge is 2.11. The summed E-state index contributed by atoms with van der Waals surface area (Å²) in [6, 6.07) is 3.95. The van der Waals surface area contributed by atoms with E-state index >= 15 is 0 Å². The molecule has 0 bridgehead atoms. The van der Waals surface area contributed by atoms with Gasteiger partial charge in [0.2, 0.25) is 0 Å². The number of aromatic nitrogens is 2. The van der Waals surface area contributed by atoms with Gasteiger partial charge in [-0.3, -0.25) is 0 Å². The van der Waals surface area contributed by atoms with E-state index in [0.29, 0.717) is 16.9 Å². The molecule has 3 nitrogen and oxygen atoms in total. The number of nitrogens with zero attached hydrogens (tertiary/aromatic N) is 1. The number of fused-ring (bicyclic) bond motifs is 1. The predicted molar refractivity (Wildman–Crippen MR) is 58.4 cm³/mol. The molecule has 5 heteroatoms. The summed E-state index contributed by atoms with van der Waals surface area (Å²) in [5.74, 6) is -0.519. The van der Waals surface area contributed by atoms with Crippen LogP contribution in [-0.4, -0.2) is 9.97 Å². The number of nitrogens with one attached hydrogen (secondary N) is 1. The van der Waals surface area contributed by atoms with Crippen LogP contribution in [0.5, 0.6) is 0 Å². The van der Waals surface area contributed by atoms with Crippen molar-refractivity contribution in [1.82, 2.24) is 9.97 Å². The Bertz CT molecular complexity index is 661. The van der Waals surface area contributed by atoms with Crippen LogP contribution in [0.25, 0.3) is 22.4 Å². The highest BCUT2D eigenvalue weighted by Crippen LogP contribution is 2.23. The van der Waals surface area contributed by atoms with Crippen LogP contribution in [0.2, 0.25) is 0 Å². The van der Waals surface area contributed by atoms with Crippen molar-refractivity contribution in [2.75, 3.05) is 0 Å². The average molecular weight is 234 g/mol. The summed E-state index contributed by atoms with van der Waals surface area (Å²) >= 11 is 0. The maximum absolute atomic E-state index is 13.0. The Morgan fingerprint density at radius 3 is 2.65 bits per heavy atom. The number of halogens is 2. The number of hydrogen-bond donors (Lipinski definition) is 1. The molecule has 1 aromatic carbocycles. The number of benzene rings is 1. The van der Waals surface area contributed by atoms with Gasteiger partial charge in [-0.1, -0.05) is 0 Å². The first-order valence-electron chi connectivity index (χ1n) is 5.04. The Kier molecular flexibility index (Phi) is 2.01. The molecule has 1 N–H and O–H groups in total. The molecule has 2 aromatic heterocycles. The summed E-state index contributed by atoms with van der Waals surface area (Å²) in [5.41, 5.74) is 1.59. The lowest BCUT2D eigenvalue weighted by atomic mass is 10.3. The normalized spacial score (nSPS) is 11.2. The molecule has 0 spiro atoms. The first-order valence-corrected chi connectivity index (χ1v) is 5.04. The van der Waals surface area contributed by atoms with Gasteiger partial charge in [-0.05, 0) is 13.0 Å². The first kappa shape index (κ1) is 10.0. The van der Waals surface area contributed by atoms with E-state index in [4.69, 9.17) is 4.42 Å². The third-order valence-corrected chi connectivity index (χ3v) is 2.53. The van der Waals surface area contributed by atoms with Gasteiger partial charge in [0.1, 0.15) is 17.8 Å². The number of furan rings is 1. The molecular weight excluding hydrogens is 226 g/mol. The first-order chi connectivity index (χ1) is 8.13. The van der Waals surface area contributed by atoms with E-state index in [2.05, 4.69) is 9.97 Å². The van der Waals surface area contributed by atoms with Crippen molar-refractivity contribution in [2.24, 2.45) is 0 Å². The number of aromatic amines is 1. The van der Waals surface area contributed by atoms with E-state index in [0.717, 1.165) is 23.5 Å². The Morgan fingerprint density at radius 1 is 1.18 bits per heavy atom. The van der Waals surface area contributed by atoms with E-state index < -0.39 is 11.6 Å². The molecule has 0 atom stereocenters. The van der Waals surface area contributed by atoms with Crippen LogP contribution in [0.15, 0.2) is 28.9 Å². The molecule has 0 aliphatic heterocycles. The van der Waals surface area contributed by atoms with Crippen molar-refractivity contribution in [1.29, 1.82) is 0 Å². The van der Waals surface area contributed by atoms with Gasteiger partial charge in [-0.2, -0.15) is 0 Å². The van der Waals surface area contributed by atoms with Gasteiger partial charge >= 0.3 is 0 Å². The van der Waals surface area contributed by atoms with Crippen molar-refractivity contribution in [3.63, 3.8) is 0 Å². The molecule has 0 aliphatic carbocycles. The second-order valence-electron chi connectivity index (χ2n) is 3.81. The van der Waals surface area contributed by atoms with E-state index in [1.807, 2.05) is 6.92 Å². The van der Waals surface area contributed by atoms with Crippen LogP contribution in [0, 0.1) is 18.6 Å². The predicted octanol–water partition coefficient (Wildman–Crippen LogP) is 3.41. The van der Waals surface area contributed by atoms with Crippen molar-refractivity contribution >= 4 is 11.0 Å². The van der Waals surface area contributed by atoms with E-state index in [-0.39, 0.29) is 0 Å². The van der Waals surface area contributed by atoms with Gasteiger partial charge in [-0.25, -0.2) is 13.8 Å². The molecule has 2 heterocycles. The monoisotopic (exact) mass is 234 g/mol. The van der Waals surface area contributed by atoms with Crippen LogP contribution < -0.4 is 0 Å². The maximum atomic E-state index is 13.0. The number of rotatable bonds is 1. The second kappa shape index (κ2) is 3.41. The fraction of sp³-hybridized carbons (Fsp3) is 0.0833. The standard InChI is InChI=1S/C12H8F2N2O/c1-6-2-7(5-17-6)12-15-10-3-8(13)9(14)4-11(10)16-12/h2-5H,1H3,(H,15,16). The van der Waals surface area contributed by atoms with E-state index in [1.54, 1.807) is 12.3 Å². The fourth-order valence-electron chi connectivity index (χ4n) is 1.71. The molecular formula is C12H8F2N2O. The SMILES string of the molecule is Cc1cc(-c2nc3cc(F)c(F)cc3[nH]2)co1. The average Bonchev–Trinajstić information content (AvgIpc) is 2.85. The minimum Gasteiger partial charge on any atom is -0.469 e. The minimum absolute atomic E-state index is 0.387. The lowest BCUT2D eigenvalue weighted by molar-refractivity contribution is 0.510. The zero-order valence-electron chi connectivity index (χ0n) is 8.92. The van der Waals surface area contributed by atoms with E-state index in [1.165, 1.54) is 0 Å². The lowest BCUT2D eigenvalue weighted by Gasteiger charge is -1.90. The molecule has 0 amide bonds. The topological polar surface area (TPSA) is 41.8 Å². The fourth-order valence-corrected chi connectivity index (χ4v) is 1.71. The zero-order chi connectivity index (χ0) is 12.0. The van der Waals surface area contributed by atoms with Crippen LogP contribution in [0.1, 0.15) is 5.76 Å². The van der Waals surface area contributed by atoms with Crippen molar-refractivity contribution in [3.8, 4) is 11.4 Å². The van der Waals surface area contributed by atoms with Crippen LogP contribution in [0.4, 0.5) is 8.78 Å². The summed E-state index contributed by atoms with van der Waals surface area (Å²) in [7, 11) is 0. The van der Waals surface area contributed by atoms with Gasteiger partial charge in [0.25, 0.3) is 0 Å². The molecule has 0 fully saturated rings. The van der Waals surface area contributed by atoms with Gasteiger partial charge in [0, 0.05) is 12.1 Å².